The van der Waals surface area contributed by atoms with Crippen molar-refractivity contribution in [3.8, 4) is 0 Å². The van der Waals surface area contributed by atoms with E-state index < -0.39 is 0 Å². The van der Waals surface area contributed by atoms with Gasteiger partial charge in [-0.05, 0) is 66.4 Å². The van der Waals surface area contributed by atoms with Crippen molar-refractivity contribution in [3.05, 3.63) is 59.7 Å². The fourth-order valence-electron chi connectivity index (χ4n) is 4.53. The first-order valence-corrected chi connectivity index (χ1v) is 8.26. The molecule has 0 nitrogen and oxygen atoms in total. The van der Waals surface area contributed by atoms with Crippen molar-refractivity contribution < 1.29 is 0 Å². The average Bonchev–Trinajstić information content (AvgIpc) is 3.23. The minimum Gasteiger partial charge on any atom is -0.0882 e. The van der Waals surface area contributed by atoms with E-state index in [4.69, 9.17) is 0 Å². The summed E-state index contributed by atoms with van der Waals surface area (Å²) >= 11 is 0. The Hall–Kier alpha value is -1.30. The second kappa shape index (κ2) is 4.91. The number of allylic oxidation sites excluding steroid dienone is 4. The van der Waals surface area contributed by atoms with E-state index in [1.54, 1.807) is 5.56 Å². The molecule has 0 heteroatoms. The largest absolute Gasteiger partial charge is 0.0882 e. The van der Waals surface area contributed by atoms with Crippen molar-refractivity contribution in [3.63, 3.8) is 0 Å². The summed E-state index contributed by atoms with van der Waals surface area (Å²) in [5.74, 6) is 3.91. The fraction of sp³-hybridized carbons (Fsp3) is 0.500. The van der Waals surface area contributed by atoms with E-state index >= 15 is 0 Å². The first-order chi connectivity index (χ1) is 9.81. The molecule has 0 heterocycles. The zero-order chi connectivity index (χ0) is 13.5. The molecule has 0 aliphatic heterocycles. The highest BCUT2D eigenvalue weighted by atomic mass is 14.4. The van der Waals surface area contributed by atoms with Crippen LogP contribution in [0.25, 0.3) is 0 Å². The molecule has 0 spiro atoms. The topological polar surface area (TPSA) is 0 Å². The van der Waals surface area contributed by atoms with Crippen LogP contribution in [-0.2, 0) is 0 Å². The molecular formula is C20H24. The molecule has 2 bridgehead atoms. The molecule has 4 rings (SSSR count). The number of hydrogen-bond acceptors (Lipinski definition) is 0. The normalized spacial score (nSPS) is 35.9. The van der Waals surface area contributed by atoms with Crippen LogP contribution >= 0.6 is 0 Å². The lowest BCUT2D eigenvalue weighted by molar-refractivity contribution is 0.530. The van der Waals surface area contributed by atoms with E-state index in [-0.39, 0.29) is 0 Å². The average molecular weight is 264 g/mol. The molecule has 1 fully saturated rings. The number of benzene rings is 1. The Kier molecular flexibility index (Phi) is 3.06. The molecule has 5 atom stereocenters. The molecule has 0 radical (unpaired) electrons. The summed E-state index contributed by atoms with van der Waals surface area (Å²) in [7, 11) is 0. The van der Waals surface area contributed by atoms with Gasteiger partial charge in [0.05, 0.1) is 0 Å². The minimum atomic E-state index is 0.669. The molecule has 3 aliphatic carbocycles. The second-order valence-corrected chi connectivity index (χ2v) is 7.01. The molecule has 0 N–H and O–H groups in total. The third-order valence-corrected chi connectivity index (χ3v) is 5.86. The summed E-state index contributed by atoms with van der Waals surface area (Å²) in [5.41, 5.74) is 3.09. The maximum atomic E-state index is 2.46. The van der Waals surface area contributed by atoms with Crippen molar-refractivity contribution in [2.45, 2.75) is 44.4 Å². The molecule has 0 aromatic heterocycles. The lowest BCUT2D eigenvalue weighted by Crippen LogP contribution is -2.07. The van der Waals surface area contributed by atoms with Gasteiger partial charge in [0.1, 0.15) is 0 Å². The van der Waals surface area contributed by atoms with Gasteiger partial charge in [0, 0.05) is 0 Å². The standard InChI is InChI=1S/C20H24/c1-14(16-4-2-3-5-16)17-8-10-18(11-9-17)20-13-15-6-7-19(20)12-15/h2,4,6-11,14-16,19-20H,3,5,12-13H2,1H3. The van der Waals surface area contributed by atoms with Crippen LogP contribution in [0.5, 0.6) is 0 Å². The van der Waals surface area contributed by atoms with Gasteiger partial charge >= 0.3 is 0 Å². The fourth-order valence-corrected chi connectivity index (χ4v) is 4.53. The second-order valence-electron chi connectivity index (χ2n) is 7.01. The van der Waals surface area contributed by atoms with E-state index in [9.17, 15) is 0 Å². The number of fused-ring (bicyclic) bond motifs is 2. The summed E-state index contributed by atoms with van der Waals surface area (Å²) in [5, 5.41) is 0. The Morgan fingerprint density at radius 2 is 1.85 bits per heavy atom. The predicted octanol–water partition coefficient (Wildman–Crippen LogP) is 5.44. The first kappa shape index (κ1) is 12.4. The molecule has 1 saturated carbocycles. The third kappa shape index (κ3) is 2.06. The summed E-state index contributed by atoms with van der Waals surface area (Å²) < 4.78 is 0. The van der Waals surface area contributed by atoms with Crippen LogP contribution in [0.1, 0.15) is 55.6 Å². The van der Waals surface area contributed by atoms with Crippen LogP contribution in [0.3, 0.4) is 0 Å². The van der Waals surface area contributed by atoms with Gasteiger partial charge in [0.25, 0.3) is 0 Å². The van der Waals surface area contributed by atoms with Crippen molar-refractivity contribution in [2.75, 3.05) is 0 Å². The van der Waals surface area contributed by atoms with Gasteiger partial charge in [-0.1, -0.05) is 55.5 Å². The Labute approximate surface area is 122 Å². The van der Waals surface area contributed by atoms with Crippen LogP contribution in [-0.4, -0.2) is 0 Å². The molecule has 20 heavy (non-hydrogen) atoms. The van der Waals surface area contributed by atoms with E-state index in [1.807, 2.05) is 0 Å². The van der Waals surface area contributed by atoms with E-state index in [2.05, 4.69) is 55.5 Å². The zero-order valence-corrected chi connectivity index (χ0v) is 12.3. The molecule has 1 aromatic rings. The van der Waals surface area contributed by atoms with Gasteiger partial charge in [-0.25, -0.2) is 0 Å². The van der Waals surface area contributed by atoms with Crippen molar-refractivity contribution >= 4 is 0 Å². The monoisotopic (exact) mass is 264 g/mol. The van der Waals surface area contributed by atoms with Gasteiger partial charge in [-0.3, -0.25) is 0 Å². The Morgan fingerprint density at radius 1 is 1.00 bits per heavy atom. The quantitative estimate of drug-likeness (QED) is 0.638. The maximum absolute atomic E-state index is 2.46. The molecule has 0 amide bonds. The van der Waals surface area contributed by atoms with Crippen LogP contribution in [0.15, 0.2) is 48.6 Å². The summed E-state index contributed by atoms with van der Waals surface area (Å²) in [6.07, 6.45) is 15.0. The van der Waals surface area contributed by atoms with Gasteiger partial charge in [-0.2, -0.15) is 0 Å². The highest BCUT2D eigenvalue weighted by Crippen LogP contribution is 2.48. The van der Waals surface area contributed by atoms with E-state index in [0.29, 0.717) is 5.92 Å². The molecule has 0 saturated heterocycles. The summed E-state index contributed by atoms with van der Waals surface area (Å²) in [6.45, 7) is 2.38. The lowest BCUT2D eigenvalue weighted by atomic mass is 9.83. The van der Waals surface area contributed by atoms with E-state index in [1.165, 1.54) is 31.2 Å². The SMILES string of the molecule is CC(c1ccc(C2CC3C=CC2C3)cc1)C1C=CCC1. The van der Waals surface area contributed by atoms with Gasteiger partial charge in [-0.15, -0.1) is 0 Å². The minimum absolute atomic E-state index is 0.669. The molecular weight excluding hydrogens is 240 g/mol. The van der Waals surface area contributed by atoms with Crippen LogP contribution in [0.2, 0.25) is 0 Å². The van der Waals surface area contributed by atoms with Crippen LogP contribution in [0.4, 0.5) is 0 Å². The number of hydrogen-bond donors (Lipinski definition) is 0. The van der Waals surface area contributed by atoms with Crippen molar-refractivity contribution in [1.29, 1.82) is 0 Å². The third-order valence-electron chi connectivity index (χ3n) is 5.86. The van der Waals surface area contributed by atoms with Gasteiger partial charge < -0.3 is 0 Å². The Morgan fingerprint density at radius 3 is 2.45 bits per heavy atom. The Bertz CT molecular complexity index is 534. The van der Waals surface area contributed by atoms with Gasteiger partial charge in [0.2, 0.25) is 0 Å². The molecule has 5 unspecified atom stereocenters. The maximum Gasteiger partial charge on any atom is -0.00932 e. The van der Waals surface area contributed by atoms with Crippen LogP contribution in [0, 0.1) is 17.8 Å². The molecule has 104 valence electrons. The van der Waals surface area contributed by atoms with E-state index in [0.717, 1.165) is 23.7 Å². The van der Waals surface area contributed by atoms with Crippen molar-refractivity contribution in [1.82, 2.24) is 0 Å². The van der Waals surface area contributed by atoms with Crippen molar-refractivity contribution in [2.24, 2.45) is 17.8 Å². The summed E-state index contributed by atoms with van der Waals surface area (Å²) in [6, 6.07) is 9.59. The first-order valence-electron chi connectivity index (χ1n) is 8.26. The zero-order valence-electron chi connectivity index (χ0n) is 12.3. The smallest absolute Gasteiger partial charge is 0.00932 e. The summed E-state index contributed by atoms with van der Waals surface area (Å²) in [4.78, 5) is 0. The number of rotatable bonds is 3. The molecule has 3 aliphatic rings. The molecule has 1 aromatic carbocycles. The highest BCUT2D eigenvalue weighted by Gasteiger charge is 2.36. The highest BCUT2D eigenvalue weighted by molar-refractivity contribution is 5.32. The lowest BCUT2D eigenvalue weighted by Gasteiger charge is -2.21. The van der Waals surface area contributed by atoms with Crippen LogP contribution < -0.4 is 0 Å². The predicted molar refractivity (Wildman–Crippen MR) is 84.8 cm³/mol. The van der Waals surface area contributed by atoms with Gasteiger partial charge in [0.15, 0.2) is 0 Å². The Balaban J connectivity index is 1.51.